The minimum Gasteiger partial charge on any atom is -0.461 e. The van der Waals surface area contributed by atoms with Crippen molar-refractivity contribution in [2.45, 2.75) is 43.9 Å². The molecular formula is C32H32F2N6O. The van der Waals surface area contributed by atoms with Crippen LogP contribution in [0.2, 0.25) is 0 Å². The number of nitrogens with zero attached hydrogens (tertiary/aromatic N) is 5. The highest BCUT2D eigenvalue weighted by atomic mass is 19.1. The van der Waals surface area contributed by atoms with Crippen molar-refractivity contribution in [3.8, 4) is 29.6 Å². The number of aromatic nitrogens is 3. The van der Waals surface area contributed by atoms with Gasteiger partial charge in [-0.3, -0.25) is 9.88 Å². The second-order valence-electron chi connectivity index (χ2n) is 11.5. The fraction of sp³-hybridized carbons (Fsp3) is 0.406. The Morgan fingerprint density at radius 2 is 2.05 bits per heavy atom. The van der Waals surface area contributed by atoms with Gasteiger partial charge in [0.25, 0.3) is 0 Å². The smallest absolute Gasteiger partial charge is 0.319 e. The van der Waals surface area contributed by atoms with Gasteiger partial charge in [0.1, 0.15) is 29.8 Å². The molecule has 3 aliphatic rings. The predicted molar refractivity (Wildman–Crippen MR) is 156 cm³/mol. The Morgan fingerprint density at radius 3 is 2.88 bits per heavy atom. The lowest BCUT2D eigenvalue weighted by Gasteiger charge is -2.35. The van der Waals surface area contributed by atoms with Crippen molar-refractivity contribution >= 4 is 27.5 Å². The molecule has 7 nitrogen and oxygen atoms in total. The highest BCUT2D eigenvalue weighted by molar-refractivity contribution is 6.02. The van der Waals surface area contributed by atoms with Gasteiger partial charge in [-0.05, 0) is 37.8 Å². The molecule has 0 unspecified atom stereocenters. The Balaban J connectivity index is 1.36. The molecule has 4 aromatic rings. The number of rotatable bonds is 5. The third-order valence-corrected chi connectivity index (χ3v) is 8.96. The molecule has 7 rings (SSSR count). The summed E-state index contributed by atoms with van der Waals surface area (Å²) in [4.78, 5) is 18.4. The second-order valence-corrected chi connectivity index (χ2v) is 11.5. The monoisotopic (exact) mass is 554 g/mol. The highest BCUT2D eigenvalue weighted by Crippen LogP contribution is 2.41. The number of piperazine rings is 1. The molecule has 0 spiro atoms. The fourth-order valence-electron chi connectivity index (χ4n) is 6.95. The molecule has 9 heteroatoms. The molecule has 0 saturated carbocycles. The van der Waals surface area contributed by atoms with Gasteiger partial charge < -0.3 is 15.0 Å². The summed E-state index contributed by atoms with van der Waals surface area (Å²) in [6.07, 6.45) is 8.91. The minimum atomic E-state index is -0.867. The average Bonchev–Trinajstić information content (AvgIpc) is 3.51. The van der Waals surface area contributed by atoms with Crippen LogP contribution in [0.1, 0.15) is 31.7 Å². The lowest BCUT2D eigenvalue weighted by atomic mass is 9.95. The molecule has 0 aliphatic carbocycles. The summed E-state index contributed by atoms with van der Waals surface area (Å²) in [5.74, 6) is 2.77. The number of fused-ring (bicyclic) bond motifs is 3. The Labute approximate surface area is 237 Å². The molecule has 210 valence electrons. The number of terminal acetylenes is 1. The van der Waals surface area contributed by atoms with Gasteiger partial charge in [0.2, 0.25) is 0 Å². The molecule has 1 N–H and O–H groups in total. The van der Waals surface area contributed by atoms with E-state index in [2.05, 4.69) is 37.9 Å². The summed E-state index contributed by atoms with van der Waals surface area (Å²) in [5.41, 5.74) is 1.23. The molecule has 41 heavy (non-hydrogen) atoms. The van der Waals surface area contributed by atoms with Crippen molar-refractivity contribution in [1.82, 2.24) is 25.2 Å². The number of alkyl halides is 1. The summed E-state index contributed by atoms with van der Waals surface area (Å²) < 4.78 is 37.2. The summed E-state index contributed by atoms with van der Waals surface area (Å²) >= 11 is 0. The zero-order valence-electron chi connectivity index (χ0n) is 23.0. The first-order valence-electron chi connectivity index (χ1n) is 14.3. The van der Waals surface area contributed by atoms with E-state index in [1.807, 2.05) is 36.4 Å². The maximum Gasteiger partial charge on any atom is 0.319 e. The van der Waals surface area contributed by atoms with Crippen LogP contribution in [0.25, 0.3) is 32.9 Å². The van der Waals surface area contributed by atoms with E-state index in [9.17, 15) is 4.39 Å². The number of ether oxygens (including phenoxy) is 1. The molecule has 0 amide bonds. The molecular weight excluding hydrogens is 522 g/mol. The van der Waals surface area contributed by atoms with Gasteiger partial charge in [-0.15, -0.1) is 6.42 Å². The summed E-state index contributed by atoms with van der Waals surface area (Å²) in [7, 11) is 0. The molecule has 0 bridgehead atoms. The number of anilines is 1. The molecule has 3 aliphatic heterocycles. The summed E-state index contributed by atoms with van der Waals surface area (Å²) in [5, 5.41) is 5.59. The average molecular weight is 555 g/mol. The van der Waals surface area contributed by atoms with Gasteiger partial charge in [0.05, 0.1) is 10.9 Å². The van der Waals surface area contributed by atoms with Crippen LogP contribution in [0.4, 0.5) is 14.6 Å². The highest BCUT2D eigenvalue weighted by Gasteiger charge is 2.49. The Morgan fingerprint density at radius 1 is 1.20 bits per heavy atom. The number of pyridine rings is 1. The van der Waals surface area contributed by atoms with E-state index in [-0.39, 0.29) is 35.4 Å². The third kappa shape index (κ3) is 4.37. The van der Waals surface area contributed by atoms with Crippen LogP contribution < -0.4 is 15.0 Å². The van der Waals surface area contributed by atoms with E-state index in [1.165, 1.54) is 0 Å². The van der Waals surface area contributed by atoms with Crippen molar-refractivity contribution < 1.29 is 13.5 Å². The first kappa shape index (κ1) is 26.1. The van der Waals surface area contributed by atoms with Crippen molar-refractivity contribution in [2.75, 3.05) is 44.2 Å². The minimum absolute atomic E-state index is 0.0973. The van der Waals surface area contributed by atoms with Crippen molar-refractivity contribution in [3.63, 3.8) is 0 Å². The van der Waals surface area contributed by atoms with Gasteiger partial charge in [-0.2, -0.15) is 9.97 Å². The summed E-state index contributed by atoms with van der Waals surface area (Å²) in [6, 6.07) is 11.6. The number of nitrogens with one attached hydrogen (secondary N) is 1. The van der Waals surface area contributed by atoms with Crippen LogP contribution in [0.5, 0.6) is 6.01 Å². The summed E-state index contributed by atoms with van der Waals surface area (Å²) in [6.45, 7) is 5.92. The molecule has 5 heterocycles. The molecule has 3 atom stereocenters. The van der Waals surface area contributed by atoms with Crippen LogP contribution in [0.15, 0.2) is 42.6 Å². The number of halogens is 2. The first-order valence-corrected chi connectivity index (χ1v) is 14.3. The van der Waals surface area contributed by atoms with Crippen LogP contribution in [-0.4, -0.2) is 76.9 Å². The topological polar surface area (TPSA) is 66.4 Å². The van der Waals surface area contributed by atoms with Crippen LogP contribution in [0.3, 0.4) is 0 Å². The van der Waals surface area contributed by atoms with E-state index >= 15 is 4.39 Å². The predicted octanol–water partition coefficient (Wildman–Crippen LogP) is 4.72. The molecule has 3 fully saturated rings. The van der Waals surface area contributed by atoms with Crippen LogP contribution in [-0.2, 0) is 0 Å². The molecule has 0 radical (unpaired) electrons. The number of hydrogen-bond acceptors (Lipinski definition) is 7. The second kappa shape index (κ2) is 10.2. The van der Waals surface area contributed by atoms with E-state index in [0.29, 0.717) is 41.8 Å². The standard InChI is InChI=1S/C32H32F2N6O/c1-3-21-7-4-8-22-9-5-10-24(26(21)22)28-27(34)29-25(17-36-28)30(40-14-12-35-16-20(40)2)38-31(37-29)41-19-32-11-6-13-39(32)18-23(33)15-32/h1,4-5,7-10,17,20,23,35H,6,11-16,18-19H2,2H3/t20-,23+,32-/m0/s1. The van der Waals surface area contributed by atoms with Gasteiger partial charge in [0.15, 0.2) is 5.82 Å². The molecule has 3 saturated heterocycles. The maximum absolute atomic E-state index is 16.6. The Kier molecular flexibility index (Phi) is 6.48. The quantitative estimate of drug-likeness (QED) is 0.358. The Hall–Kier alpha value is -3.87. The normalized spacial score (nSPS) is 24.6. The van der Waals surface area contributed by atoms with Crippen molar-refractivity contribution in [2.24, 2.45) is 0 Å². The van der Waals surface area contributed by atoms with E-state index in [0.717, 1.165) is 43.2 Å². The van der Waals surface area contributed by atoms with E-state index < -0.39 is 12.0 Å². The van der Waals surface area contributed by atoms with Gasteiger partial charge in [0, 0.05) is 61.4 Å². The van der Waals surface area contributed by atoms with Crippen molar-refractivity contribution in [1.29, 1.82) is 0 Å². The maximum atomic E-state index is 16.6. The van der Waals surface area contributed by atoms with Crippen LogP contribution in [0, 0.1) is 18.2 Å². The molecule has 2 aromatic heterocycles. The van der Waals surface area contributed by atoms with Gasteiger partial charge in [-0.1, -0.05) is 36.3 Å². The fourth-order valence-corrected chi connectivity index (χ4v) is 6.95. The first-order chi connectivity index (χ1) is 20.0. The molecule has 2 aromatic carbocycles. The van der Waals surface area contributed by atoms with Gasteiger partial charge in [-0.25, -0.2) is 8.78 Å². The third-order valence-electron chi connectivity index (χ3n) is 8.96. The number of hydrogen-bond donors (Lipinski definition) is 1. The SMILES string of the molecule is C#Cc1cccc2cccc(-c3ncc4c(N5CCNC[C@@H]5C)nc(OC[C@@]56CCCN5C[C@H](F)C6)nc4c3F)c12. The zero-order chi connectivity index (χ0) is 28.1. The largest absolute Gasteiger partial charge is 0.461 e. The zero-order valence-corrected chi connectivity index (χ0v) is 23.0. The lowest BCUT2D eigenvalue weighted by Crippen LogP contribution is -2.50. The van der Waals surface area contributed by atoms with Crippen LogP contribution >= 0.6 is 0 Å². The van der Waals surface area contributed by atoms with E-state index in [4.69, 9.17) is 16.1 Å². The van der Waals surface area contributed by atoms with Crippen molar-refractivity contribution in [3.05, 3.63) is 54.0 Å². The van der Waals surface area contributed by atoms with E-state index in [1.54, 1.807) is 6.20 Å². The van der Waals surface area contributed by atoms with Gasteiger partial charge >= 0.3 is 6.01 Å². The lowest BCUT2D eigenvalue weighted by molar-refractivity contribution is 0.107. The number of benzene rings is 2. The Bertz CT molecular complexity index is 1680.